The van der Waals surface area contributed by atoms with Crippen molar-refractivity contribution < 1.29 is 33.4 Å². The van der Waals surface area contributed by atoms with Crippen molar-refractivity contribution in [3.05, 3.63) is 72.4 Å². The quantitative estimate of drug-likeness (QED) is 0.149. The number of morpholine rings is 1. The largest absolute Gasteiger partial charge is 0.453 e. The van der Waals surface area contributed by atoms with Crippen LogP contribution in [0.1, 0.15) is 50.4 Å². The van der Waals surface area contributed by atoms with Crippen LogP contribution in [0.2, 0.25) is 19.1 Å². The second-order valence-electron chi connectivity index (χ2n) is 16.9. The van der Waals surface area contributed by atoms with Gasteiger partial charge in [-0.1, -0.05) is 69.4 Å². The zero-order chi connectivity index (χ0) is 41.6. The molecule has 0 radical (unpaired) electrons. The molecule has 16 heteroatoms. The van der Waals surface area contributed by atoms with Gasteiger partial charge in [-0.25, -0.2) is 19.6 Å². The molecular weight excluding hydrogens is 769 g/mol. The Morgan fingerprint density at radius 1 is 0.881 bits per heavy atom. The van der Waals surface area contributed by atoms with Crippen LogP contribution in [-0.2, 0) is 23.8 Å². The molecule has 3 N–H and O–H groups in total. The maximum atomic E-state index is 14.1. The lowest BCUT2D eigenvalue weighted by molar-refractivity contribution is -0.142. The van der Waals surface area contributed by atoms with E-state index in [1.165, 1.54) is 19.1 Å². The van der Waals surface area contributed by atoms with Crippen molar-refractivity contribution in [3.63, 3.8) is 0 Å². The van der Waals surface area contributed by atoms with Gasteiger partial charge in [-0.15, -0.1) is 0 Å². The summed E-state index contributed by atoms with van der Waals surface area (Å²) >= 11 is 0. The number of methoxy groups -OCH3 is 2. The van der Waals surface area contributed by atoms with Crippen molar-refractivity contribution in [1.82, 2.24) is 40.0 Å². The highest BCUT2D eigenvalue weighted by atomic mass is 28.3. The minimum Gasteiger partial charge on any atom is -0.453 e. The topological polar surface area (TPSA) is 175 Å². The van der Waals surface area contributed by atoms with Gasteiger partial charge in [-0.05, 0) is 59.0 Å². The summed E-state index contributed by atoms with van der Waals surface area (Å²) in [6.45, 7) is 9.77. The summed E-state index contributed by atoms with van der Waals surface area (Å²) < 4.78 is 15.4. The lowest BCUT2D eigenvalue weighted by Gasteiger charge is -2.37. The Bertz CT molecular complexity index is 2390. The van der Waals surface area contributed by atoms with Gasteiger partial charge >= 0.3 is 12.2 Å². The Hall–Kier alpha value is -5.74. The molecule has 5 heterocycles. The fraction of sp³-hybridized carbons (Fsp3) is 0.442. The van der Waals surface area contributed by atoms with E-state index in [0.29, 0.717) is 25.9 Å². The van der Waals surface area contributed by atoms with Gasteiger partial charge in [0.2, 0.25) is 11.8 Å². The van der Waals surface area contributed by atoms with E-state index in [2.05, 4.69) is 76.9 Å². The molecule has 0 bridgehead atoms. The van der Waals surface area contributed by atoms with Gasteiger partial charge in [0.15, 0.2) is 0 Å². The molecule has 15 nitrogen and oxygen atoms in total. The van der Waals surface area contributed by atoms with E-state index in [1.54, 1.807) is 0 Å². The van der Waals surface area contributed by atoms with E-state index < -0.39 is 32.3 Å². The zero-order valence-corrected chi connectivity index (χ0v) is 35.4. The standard InChI is InChI=1S/C43H52N8O7Si/c1-25(2)36(48-42(54)56-3)41(53)49-17-7-8-33(49)38-44-21-32(46-38)27-11-9-26(10-12-27)28-13-15-30-29(20-28)14-16-31-37(30)47-39(45-31)35-23-59(5,6)24-51(35)40(52)34-22-58-19-18-50(34)43(55)57-4/h9-16,20-21,25,33-36H,7-8,17-19,22-24H2,1-6H3,(H,44,46)(H,45,47)(H,48,54)/t33-,34+,35-,36-/m0/s1. The summed E-state index contributed by atoms with van der Waals surface area (Å²) in [4.78, 5) is 74.3. The third kappa shape index (κ3) is 7.78. The van der Waals surface area contributed by atoms with E-state index in [0.717, 1.165) is 74.7 Å². The fourth-order valence-corrected chi connectivity index (χ4v) is 11.8. The highest BCUT2D eigenvalue weighted by Crippen LogP contribution is 2.40. The first-order chi connectivity index (χ1) is 28.3. The number of benzene rings is 3. The average molecular weight is 821 g/mol. The van der Waals surface area contributed by atoms with Crippen LogP contribution in [0.3, 0.4) is 0 Å². The smallest absolute Gasteiger partial charge is 0.410 e. The van der Waals surface area contributed by atoms with Gasteiger partial charge in [0.25, 0.3) is 0 Å². The predicted octanol–water partition coefficient (Wildman–Crippen LogP) is 6.42. The maximum absolute atomic E-state index is 14.1. The Balaban J connectivity index is 0.998. The highest BCUT2D eigenvalue weighted by Gasteiger charge is 2.47. The predicted molar refractivity (Wildman–Crippen MR) is 225 cm³/mol. The first-order valence-electron chi connectivity index (χ1n) is 20.3. The molecule has 310 valence electrons. The Labute approximate surface area is 343 Å². The Morgan fingerprint density at radius 3 is 2.39 bits per heavy atom. The summed E-state index contributed by atoms with van der Waals surface area (Å²) in [7, 11) is 0.827. The third-order valence-electron chi connectivity index (χ3n) is 12.0. The van der Waals surface area contributed by atoms with Gasteiger partial charge in [0.05, 0.1) is 70.5 Å². The summed E-state index contributed by atoms with van der Waals surface area (Å²) in [5, 5.41) is 4.80. The number of hydrogen-bond acceptors (Lipinski definition) is 9. The van der Waals surface area contributed by atoms with Crippen LogP contribution in [0.4, 0.5) is 9.59 Å². The molecular formula is C43H52N8O7Si. The number of alkyl carbamates (subject to hydrolysis) is 1. The molecule has 3 fully saturated rings. The van der Waals surface area contributed by atoms with Crippen LogP contribution in [-0.4, -0.2) is 125 Å². The van der Waals surface area contributed by atoms with Crippen LogP contribution in [0.5, 0.6) is 0 Å². The summed E-state index contributed by atoms with van der Waals surface area (Å²) in [6, 6.07) is 17.8. The van der Waals surface area contributed by atoms with Gasteiger partial charge < -0.3 is 39.3 Å². The molecule has 5 aromatic rings. The first kappa shape index (κ1) is 40.1. The third-order valence-corrected chi connectivity index (χ3v) is 14.7. The average Bonchev–Trinajstić information content (AvgIpc) is 4.07. The number of ether oxygens (including phenoxy) is 3. The van der Waals surface area contributed by atoms with Gasteiger partial charge in [-0.2, -0.15) is 0 Å². The first-order valence-corrected chi connectivity index (χ1v) is 23.7. The van der Waals surface area contributed by atoms with Crippen molar-refractivity contribution in [2.75, 3.05) is 46.7 Å². The molecule has 2 aromatic heterocycles. The number of aromatic amines is 2. The number of likely N-dealkylation sites (tertiary alicyclic amines) is 1. The fourth-order valence-electron chi connectivity index (χ4n) is 8.93. The lowest BCUT2D eigenvalue weighted by Crippen LogP contribution is -2.57. The normalized spacial score (nSPS) is 21.0. The molecule has 0 unspecified atom stereocenters. The van der Waals surface area contributed by atoms with Gasteiger partial charge in [0, 0.05) is 24.6 Å². The van der Waals surface area contributed by atoms with E-state index in [1.807, 2.05) is 35.9 Å². The molecule has 0 saturated carbocycles. The van der Waals surface area contributed by atoms with E-state index in [-0.39, 0.29) is 36.4 Å². The minimum atomic E-state index is -1.80. The number of carbonyl (C=O) groups is 4. The molecule has 3 aliphatic heterocycles. The van der Waals surface area contributed by atoms with Crippen molar-refractivity contribution in [3.8, 4) is 22.4 Å². The summed E-state index contributed by atoms with van der Waals surface area (Å²) in [5.74, 6) is 1.09. The maximum Gasteiger partial charge on any atom is 0.410 e. The zero-order valence-electron chi connectivity index (χ0n) is 34.4. The minimum absolute atomic E-state index is 0.109. The number of amides is 4. The lowest BCUT2D eigenvalue weighted by atomic mass is 9.99. The summed E-state index contributed by atoms with van der Waals surface area (Å²) in [6.07, 6.45) is 2.95. The van der Waals surface area contributed by atoms with E-state index >= 15 is 0 Å². The van der Waals surface area contributed by atoms with Crippen molar-refractivity contribution in [1.29, 1.82) is 0 Å². The number of hydrogen-bond donors (Lipinski definition) is 3. The van der Waals surface area contributed by atoms with Crippen molar-refractivity contribution in [2.45, 2.75) is 70.0 Å². The molecule has 0 aliphatic carbocycles. The molecule has 4 atom stereocenters. The van der Waals surface area contributed by atoms with Crippen LogP contribution >= 0.6 is 0 Å². The molecule has 3 saturated heterocycles. The highest BCUT2D eigenvalue weighted by molar-refractivity contribution is 6.78. The molecule has 0 spiro atoms. The number of H-pyrrole nitrogens is 2. The molecule has 3 aromatic carbocycles. The number of fused-ring (bicyclic) bond motifs is 3. The van der Waals surface area contributed by atoms with Crippen LogP contribution < -0.4 is 5.32 Å². The monoisotopic (exact) mass is 820 g/mol. The van der Waals surface area contributed by atoms with Crippen LogP contribution in [0, 0.1) is 5.92 Å². The summed E-state index contributed by atoms with van der Waals surface area (Å²) in [5.41, 5.74) is 5.72. The molecule has 4 amide bonds. The van der Waals surface area contributed by atoms with Crippen LogP contribution in [0.25, 0.3) is 44.2 Å². The second-order valence-corrected chi connectivity index (χ2v) is 22.0. The SMILES string of the molecule is COC(=O)N[C@H](C(=O)N1CCC[C@H]1c1ncc(-c2ccc(-c3ccc4c(ccc5nc([C@@H]6C[Si](C)(C)CN6C(=O)[C@H]6COCCN6C(=O)OC)[nH]c54)c3)cc2)[nH]1)C(C)C. The van der Waals surface area contributed by atoms with Gasteiger partial charge in [0.1, 0.15) is 23.7 Å². The van der Waals surface area contributed by atoms with Crippen molar-refractivity contribution in [2.24, 2.45) is 5.92 Å². The number of rotatable bonds is 8. The Morgan fingerprint density at radius 2 is 1.64 bits per heavy atom. The van der Waals surface area contributed by atoms with Crippen LogP contribution in [0.15, 0.2) is 60.8 Å². The number of nitrogens with one attached hydrogen (secondary N) is 3. The molecule has 3 aliphatic rings. The number of carbonyl (C=O) groups excluding carboxylic acids is 4. The molecule has 8 rings (SSSR count). The van der Waals surface area contributed by atoms with Gasteiger partial charge in [-0.3, -0.25) is 14.5 Å². The second kappa shape index (κ2) is 16.1. The molecule has 59 heavy (non-hydrogen) atoms. The number of nitrogens with zero attached hydrogens (tertiary/aromatic N) is 5. The van der Waals surface area contributed by atoms with E-state index in [9.17, 15) is 19.2 Å². The number of aromatic nitrogens is 4. The number of imidazole rings is 2. The van der Waals surface area contributed by atoms with E-state index in [4.69, 9.17) is 24.2 Å². The Kier molecular flexibility index (Phi) is 11.0. The van der Waals surface area contributed by atoms with Crippen molar-refractivity contribution >= 4 is 53.9 Å².